The average molecular weight is 411 g/mol. The maximum absolute atomic E-state index is 14.1. The van der Waals surface area contributed by atoms with Crippen molar-refractivity contribution in [2.45, 2.75) is 18.4 Å². The molecule has 1 atom stereocenters. The summed E-state index contributed by atoms with van der Waals surface area (Å²) in [5.41, 5.74) is 0.655. The van der Waals surface area contributed by atoms with Crippen molar-refractivity contribution in [2.75, 3.05) is 25.1 Å². The molecule has 30 heavy (non-hydrogen) atoms. The lowest BCUT2D eigenvalue weighted by Gasteiger charge is -2.35. The number of hydrogen-bond acceptors (Lipinski definition) is 7. The quantitative estimate of drug-likeness (QED) is 0.717. The zero-order valence-corrected chi connectivity index (χ0v) is 15.7. The van der Waals surface area contributed by atoms with Crippen LogP contribution in [0.5, 0.6) is 0 Å². The summed E-state index contributed by atoms with van der Waals surface area (Å²) < 4.78 is 25.1. The van der Waals surface area contributed by atoms with E-state index in [-0.39, 0.29) is 31.0 Å². The minimum Gasteiger partial charge on any atom is -0.386 e. The molecule has 1 saturated heterocycles. The van der Waals surface area contributed by atoms with Crippen molar-refractivity contribution in [3.8, 4) is 6.07 Å². The number of rotatable bonds is 5. The molecular formula is C21H18FN3O5. The summed E-state index contributed by atoms with van der Waals surface area (Å²) in [6.07, 6.45) is -2.15. The van der Waals surface area contributed by atoms with Crippen molar-refractivity contribution < 1.29 is 28.6 Å². The van der Waals surface area contributed by atoms with Crippen LogP contribution >= 0.6 is 0 Å². The lowest BCUT2D eigenvalue weighted by Crippen LogP contribution is -2.52. The molecule has 2 aliphatic heterocycles. The number of nitrogens with one attached hydrogen (secondary N) is 1. The van der Waals surface area contributed by atoms with Gasteiger partial charge in [-0.05, 0) is 24.3 Å². The highest BCUT2D eigenvalue weighted by Gasteiger charge is 2.42. The highest BCUT2D eigenvalue weighted by Crippen LogP contribution is 2.27. The summed E-state index contributed by atoms with van der Waals surface area (Å²) in [4.78, 5) is 26.2. The second kappa shape index (κ2) is 8.20. The molecule has 2 aromatic carbocycles. The standard InChI is InChI=1S/C21H18FN3O5/c22-18-12(8-23)4-3-7-16(18)24-9-17(26)21-29-10-13(11-30-21)25-19(27)14-5-1-2-6-15(14)20(25)28/h1-7,13,17,21,24,26H,9-11H2/t13?,17-,21?/m0/s1. The van der Waals surface area contributed by atoms with Gasteiger partial charge >= 0.3 is 0 Å². The zero-order chi connectivity index (χ0) is 21.3. The number of halogens is 1. The molecule has 1 fully saturated rings. The van der Waals surface area contributed by atoms with Gasteiger partial charge in [0.15, 0.2) is 12.1 Å². The monoisotopic (exact) mass is 411 g/mol. The summed E-state index contributed by atoms with van der Waals surface area (Å²) >= 11 is 0. The molecule has 154 valence electrons. The van der Waals surface area contributed by atoms with E-state index >= 15 is 0 Å². The van der Waals surface area contributed by atoms with E-state index in [1.165, 1.54) is 18.2 Å². The number of hydrogen-bond donors (Lipinski definition) is 2. The van der Waals surface area contributed by atoms with E-state index in [1.54, 1.807) is 30.3 Å². The number of ether oxygens (including phenoxy) is 2. The Labute approximate surface area is 171 Å². The van der Waals surface area contributed by atoms with E-state index in [2.05, 4.69) is 5.32 Å². The van der Waals surface area contributed by atoms with Crippen LogP contribution in [0.15, 0.2) is 42.5 Å². The van der Waals surface area contributed by atoms with Crippen molar-refractivity contribution >= 4 is 17.5 Å². The zero-order valence-electron chi connectivity index (χ0n) is 15.7. The summed E-state index contributed by atoms with van der Waals surface area (Å²) in [6, 6.07) is 12.0. The van der Waals surface area contributed by atoms with Crippen molar-refractivity contribution in [1.29, 1.82) is 5.26 Å². The maximum atomic E-state index is 14.1. The molecule has 0 aliphatic carbocycles. The fraction of sp³-hybridized carbons (Fsp3) is 0.286. The molecule has 2 N–H and O–H groups in total. The number of aliphatic hydroxyl groups excluding tert-OH is 1. The first-order valence-corrected chi connectivity index (χ1v) is 9.32. The first kappa shape index (κ1) is 20.0. The Kier molecular flexibility index (Phi) is 5.46. The number of amides is 2. The first-order chi connectivity index (χ1) is 14.5. The van der Waals surface area contributed by atoms with Crippen molar-refractivity contribution in [3.05, 3.63) is 65.0 Å². The minimum absolute atomic E-state index is 0.00543. The van der Waals surface area contributed by atoms with Crippen LogP contribution < -0.4 is 5.32 Å². The van der Waals surface area contributed by atoms with Crippen LogP contribution in [0.4, 0.5) is 10.1 Å². The van der Waals surface area contributed by atoms with E-state index in [0.29, 0.717) is 11.1 Å². The number of fused-ring (bicyclic) bond motifs is 1. The number of nitriles is 1. The van der Waals surface area contributed by atoms with Gasteiger partial charge in [0.2, 0.25) is 0 Å². The van der Waals surface area contributed by atoms with Gasteiger partial charge in [0.1, 0.15) is 12.2 Å². The third-order valence-electron chi connectivity index (χ3n) is 5.03. The van der Waals surface area contributed by atoms with Crippen LogP contribution in [-0.4, -0.2) is 60.0 Å². The lowest BCUT2D eigenvalue weighted by atomic mass is 10.1. The minimum atomic E-state index is -1.14. The molecule has 8 nitrogen and oxygen atoms in total. The molecule has 0 spiro atoms. The Morgan fingerprint density at radius 2 is 1.77 bits per heavy atom. The highest BCUT2D eigenvalue weighted by molar-refractivity contribution is 6.21. The van der Waals surface area contributed by atoms with Gasteiger partial charge in [-0.3, -0.25) is 14.5 Å². The normalized spacial score (nSPS) is 21.8. The van der Waals surface area contributed by atoms with Gasteiger partial charge in [0.05, 0.1) is 41.6 Å². The summed E-state index contributed by atoms with van der Waals surface area (Å²) in [5.74, 6) is -1.51. The summed E-state index contributed by atoms with van der Waals surface area (Å²) in [5, 5.41) is 21.9. The topological polar surface area (TPSA) is 112 Å². The van der Waals surface area contributed by atoms with E-state index in [1.807, 2.05) is 0 Å². The van der Waals surface area contributed by atoms with E-state index in [0.717, 1.165) is 4.90 Å². The van der Waals surface area contributed by atoms with Gasteiger partial charge in [-0.1, -0.05) is 18.2 Å². The van der Waals surface area contributed by atoms with E-state index in [4.69, 9.17) is 14.7 Å². The van der Waals surface area contributed by atoms with Crippen LogP contribution in [0.2, 0.25) is 0 Å². The molecule has 0 saturated carbocycles. The number of benzene rings is 2. The Morgan fingerprint density at radius 1 is 1.13 bits per heavy atom. The predicted molar refractivity (Wildman–Crippen MR) is 102 cm³/mol. The van der Waals surface area contributed by atoms with Crippen LogP contribution in [0.3, 0.4) is 0 Å². The van der Waals surface area contributed by atoms with E-state index < -0.39 is 36.1 Å². The molecule has 2 aliphatic rings. The molecule has 4 rings (SSSR count). The van der Waals surface area contributed by atoms with Gasteiger partial charge in [-0.15, -0.1) is 0 Å². The Bertz CT molecular complexity index is 995. The van der Waals surface area contributed by atoms with Gasteiger partial charge in [0, 0.05) is 6.54 Å². The summed E-state index contributed by atoms with van der Waals surface area (Å²) in [6.45, 7) is -0.0783. The Morgan fingerprint density at radius 3 is 2.37 bits per heavy atom. The number of anilines is 1. The molecule has 0 bridgehead atoms. The first-order valence-electron chi connectivity index (χ1n) is 9.32. The number of nitrogens with zero attached hydrogens (tertiary/aromatic N) is 2. The molecule has 0 aromatic heterocycles. The van der Waals surface area contributed by atoms with Crippen molar-refractivity contribution in [1.82, 2.24) is 4.90 Å². The largest absolute Gasteiger partial charge is 0.386 e. The van der Waals surface area contributed by atoms with Crippen LogP contribution in [0.25, 0.3) is 0 Å². The van der Waals surface area contributed by atoms with Gasteiger partial charge in [-0.2, -0.15) is 5.26 Å². The average Bonchev–Trinajstić information content (AvgIpc) is 3.03. The number of carbonyl (C=O) groups is 2. The third kappa shape index (κ3) is 3.52. The van der Waals surface area contributed by atoms with Crippen molar-refractivity contribution in [3.63, 3.8) is 0 Å². The molecule has 0 unspecified atom stereocenters. The molecular weight excluding hydrogens is 393 g/mol. The number of carbonyl (C=O) groups excluding carboxylic acids is 2. The SMILES string of the molecule is N#Cc1cccc(NC[C@H](O)C2OCC(N3C(=O)c4ccccc4C3=O)CO2)c1F. The Hall–Kier alpha value is -3.32. The molecule has 2 heterocycles. The van der Waals surface area contributed by atoms with Crippen LogP contribution in [-0.2, 0) is 9.47 Å². The molecule has 2 aromatic rings. The smallest absolute Gasteiger partial charge is 0.261 e. The van der Waals surface area contributed by atoms with Crippen LogP contribution in [0.1, 0.15) is 26.3 Å². The van der Waals surface area contributed by atoms with E-state index in [9.17, 15) is 19.1 Å². The second-order valence-electron chi connectivity index (χ2n) is 6.94. The summed E-state index contributed by atoms with van der Waals surface area (Å²) in [7, 11) is 0. The predicted octanol–water partition coefficient (Wildman–Crippen LogP) is 1.51. The highest BCUT2D eigenvalue weighted by atomic mass is 19.1. The van der Waals surface area contributed by atoms with Gasteiger partial charge in [0.25, 0.3) is 11.8 Å². The molecule has 9 heteroatoms. The van der Waals surface area contributed by atoms with Crippen molar-refractivity contribution in [2.24, 2.45) is 0 Å². The Balaban J connectivity index is 1.33. The number of imide groups is 1. The van der Waals surface area contributed by atoms with Gasteiger partial charge < -0.3 is 19.9 Å². The third-order valence-corrected chi connectivity index (χ3v) is 5.03. The lowest BCUT2D eigenvalue weighted by molar-refractivity contribution is -0.233. The van der Waals surface area contributed by atoms with Crippen LogP contribution in [0, 0.1) is 17.1 Å². The second-order valence-corrected chi connectivity index (χ2v) is 6.94. The maximum Gasteiger partial charge on any atom is 0.261 e. The number of aliphatic hydroxyl groups is 1. The molecule has 2 amide bonds. The molecule has 0 radical (unpaired) electrons. The fourth-order valence-corrected chi connectivity index (χ4v) is 3.48. The van der Waals surface area contributed by atoms with Gasteiger partial charge in [-0.25, -0.2) is 4.39 Å². The fourth-order valence-electron chi connectivity index (χ4n) is 3.48.